The fourth-order valence-electron chi connectivity index (χ4n) is 5.72. The van der Waals surface area contributed by atoms with E-state index in [-0.39, 0.29) is 23.7 Å². The van der Waals surface area contributed by atoms with Gasteiger partial charge < -0.3 is 9.80 Å². The van der Waals surface area contributed by atoms with Crippen LogP contribution in [0.3, 0.4) is 0 Å². The second kappa shape index (κ2) is 9.51. The lowest BCUT2D eigenvalue weighted by molar-refractivity contribution is -0.144. The van der Waals surface area contributed by atoms with Crippen molar-refractivity contribution < 1.29 is 9.59 Å². The third kappa shape index (κ3) is 4.72. The van der Waals surface area contributed by atoms with Crippen LogP contribution < -0.4 is 0 Å². The molecule has 164 valence electrons. The van der Waals surface area contributed by atoms with E-state index in [0.29, 0.717) is 18.5 Å². The Morgan fingerprint density at radius 1 is 0.933 bits per heavy atom. The molecular weight excluding hydrogens is 374 g/mol. The number of carbonyl (C=O) groups is 2. The van der Waals surface area contributed by atoms with Gasteiger partial charge >= 0.3 is 0 Å². The Bertz CT molecular complexity index is 735. The first-order valence-electron chi connectivity index (χ1n) is 11.9. The maximum absolute atomic E-state index is 13.3. The van der Waals surface area contributed by atoms with E-state index in [9.17, 15) is 9.59 Å². The molecule has 3 aliphatic heterocycles. The fraction of sp³-hybridized carbons (Fsp3) is 0.680. The SMILES string of the molecule is CC(C)C(=O)N1CCC[C@H](C(=O)N2CC[C@H]3[C@@H](CCCN3Cc3ccccc3)C2)C1. The lowest BCUT2D eigenvalue weighted by Gasteiger charge is -2.48. The van der Waals surface area contributed by atoms with E-state index >= 15 is 0 Å². The Labute approximate surface area is 181 Å². The van der Waals surface area contributed by atoms with Crippen LogP contribution in [0.1, 0.15) is 51.5 Å². The number of amides is 2. The van der Waals surface area contributed by atoms with E-state index in [4.69, 9.17) is 0 Å². The van der Waals surface area contributed by atoms with Gasteiger partial charge in [-0.1, -0.05) is 44.2 Å². The zero-order chi connectivity index (χ0) is 21.1. The second-order valence-corrected chi connectivity index (χ2v) is 9.78. The monoisotopic (exact) mass is 411 g/mol. The second-order valence-electron chi connectivity index (χ2n) is 9.78. The zero-order valence-corrected chi connectivity index (χ0v) is 18.6. The normalized spacial score (nSPS) is 27.8. The molecule has 3 aliphatic rings. The van der Waals surface area contributed by atoms with Gasteiger partial charge in [-0.2, -0.15) is 0 Å². The van der Waals surface area contributed by atoms with Gasteiger partial charge in [0, 0.05) is 44.7 Å². The van der Waals surface area contributed by atoms with Crippen LogP contribution in [0, 0.1) is 17.8 Å². The van der Waals surface area contributed by atoms with Gasteiger partial charge in [0.1, 0.15) is 0 Å². The molecule has 3 heterocycles. The highest BCUT2D eigenvalue weighted by Gasteiger charge is 2.39. The molecule has 5 nitrogen and oxygen atoms in total. The maximum atomic E-state index is 13.3. The molecule has 3 fully saturated rings. The maximum Gasteiger partial charge on any atom is 0.227 e. The summed E-state index contributed by atoms with van der Waals surface area (Å²) in [5.74, 6) is 1.05. The van der Waals surface area contributed by atoms with Gasteiger partial charge in [-0.15, -0.1) is 0 Å². The smallest absolute Gasteiger partial charge is 0.227 e. The van der Waals surface area contributed by atoms with Crippen molar-refractivity contribution in [3.05, 3.63) is 35.9 Å². The molecule has 0 aliphatic carbocycles. The summed E-state index contributed by atoms with van der Waals surface area (Å²) in [7, 11) is 0. The highest BCUT2D eigenvalue weighted by atomic mass is 16.2. The van der Waals surface area contributed by atoms with Crippen LogP contribution in [0.4, 0.5) is 0 Å². The number of nitrogens with zero attached hydrogens (tertiary/aromatic N) is 3. The molecule has 0 saturated carbocycles. The number of hydrogen-bond donors (Lipinski definition) is 0. The molecule has 4 rings (SSSR count). The van der Waals surface area contributed by atoms with Crippen LogP contribution in [0.15, 0.2) is 30.3 Å². The van der Waals surface area contributed by atoms with Crippen molar-refractivity contribution in [1.29, 1.82) is 0 Å². The van der Waals surface area contributed by atoms with E-state index in [0.717, 1.165) is 45.4 Å². The summed E-state index contributed by atoms with van der Waals surface area (Å²) >= 11 is 0. The molecule has 3 atom stereocenters. The lowest BCUT2D eigenvalue weighted by Crippen LogP contribution is -2.56. The van der Waals surface area contributed by atoms with E-state index in [1.807, 2.05) is 18.7 Å². The Morgan fingerprint density at radius 3 is 2.47 bits per heavy atom. The first-order chi connectivity index (χ1) is 14.5. The number of piperidine rings is 3. The number of hydrogen-bond acceptors (Lipinski definition) is 3. The van der Waals surface area contributed by atoms with Crippen molar-refractivity contribution in [3.63, 3.8) is 0 Å². The Morgan fingerprint density at radius 2 is 1.70 bits per heavy atom. The largest absolute Gasteiger partial charge is 0.342 e. The first kappa shape index (κ1) is 21.4. The van der Waals surface area contributed by atoms with Gasteiger partial charge in [-0.05, 0) is 50.1 Å². The highest BCUT2D eigenvalue weighted by Crippen LogP contribution is 2.33. The van der Waals surface area contributed by atoms with Crippen LogP contribution >= 0.6 is 0 Å². The fourth-order valence-corrected chi connectivity index (χ4v) is 5.72. The van der Waals surface area contributed by atoms with Crippen molar-refractivity contribution in [1.82, 2.24) is 14.7 Å². The van der Waals surface area contributed by atoms with E-state index in [1.54, 1.807) is 0 Å². The van der Waals surface area contributed by atoms with E-state index in [1.165, 1.54) is 24.9 Å². The van der Waals surface area contributed by atoms with Crippen molar-refractivity contribution >= 4 is 11.8 Å². The molecule has 30 heavy (non-hydrogen) atoms. The molecule has 0 spiro atoms. The molecule has 5 heteroatoms. The summed E-state index contributed by atoms with van der Waals surface area (Å²) in [6.45, 7) is 9.25. The van der Waals surface area contributed by atoms with Crippen LogP contribution in [0.25, 0.3) is 0 Å². The van der Waals surface area contributed by atoms with Crippen LogP contribution in [0.2, 0.25) is 0 Å². The summed E-state index contributed by atoms with van der Waals surface area (Å²) in [6.07, 6.45) is 5.38. The number of benzene rings is 1. The molecule has 0 bridgehead atoms. The molecule has 3 saturated heterocycles. The Kier molecular flexibility index (Phi) is 6.77. The molecule has 0 aromatic heterocycles. The van der Waals surface area contributed by atoms with Gasteiger partial charge in [-0.25, -0.2) is 0 Å². The number of rotatable bonds is 4. The summed E-state index contributed by atoms with van der Waals surface area (Å²) in [5.41, 5.74) is 1.38. The zero-order valence-electron chi connectivity index (χ0n) is 18.6. The van der Waals surface area contributed by atoms with Crippen LogP contribution in [-0.2, 0) is 16.1 Å². The van der Waals surface area contributed by atoms with Crippen LogP contribution in [0.5, 0.6) is 0 Å². The minimum Gasteiger partial charge on any atom is -0.342 e. The van der Waals surface area contributed by atoms with Crippen molar-refractivity contribution in [2.24, 2.45) is 17.8 Å². The number of carbonyl (C=O) groups excluding carboxylic acids is 2. The number of likely N-dealkylation sites (tertiary alicyclic amines) is 3. The molecule has 1 aromatic carbocycles. The van der Waals surface area contributed by atoms with Crippen molar-refractivity contribution in [3.8, 4) is 0 Å². The highest BCUT2D eigenvalue weighted by molar-refractivity contribution is 5.82. The minimum atomic E-state index is -0.0120. The van der Waals surface area contributed by atoms with Crippen molar-refractivity contribution in [2.75, 3.05) is 32.7 Å². The molecule has 2 amide bonds. The van der Waals surface area contributed by atoms with Crippen molar-refractivity contribution in [2.45, 2.75) is 58.5 Å². The third-order valence-electron chi connectivity index (χ3n) is 7.30. The quantitative estimate of drug-likeness (QED) is 0.763. The molecular formula is C25H37N3O2. The summed E-state index contributed by atoms with van der Waals surface area (Å²) in [6, 6.07) is 11.3. The number of fused-ring (bicyclic) bond motifs is 1. The van der Waals surface area contributed by atoms with Gasteiger partial charge in [0.05, 0.1) is 5.92 Å². The summed E-state index contributed by atoms with van der Waals surface area (Å²) in [4.78, 5) is 32.4. The van der Waals surface area contributed by atoms with E-state index < -0.39 is 0 Å². The molecule has 0 unspecified atom stereocenters. The summed E-state index contributed by atoms with van der Waals surface area (Å²) < 4.78 is 0. The van der Waals surface area contributed by atoms with Gasteiger partial charge in [0.15, 0.2) is 0 Å². The minimum absolute atomic E-state index is 0.00688. The Balaban J connectivity index is 1.35. The molecule has 0 N–H and O–H groups in total. The average Bonchev–Trinajstić information content (AvgIpc) is 2.78. The predicted octanol–water partition coefficient (Wildman–Crippen LogP) is 3.39. The van der Waals surface area contributed by atoms with Crippen LogP contribution in [-0.4, -0.2) is 65.3 Å². The molecule has 0 radical (unpaired) electrons. The Hall–Kier alpha value is -1.88. The standard InChI is InChI=1S/C25H37N3O2/c1-19(2)24(29)27-14-7-11-22(18-27)25(30)28-15-12-23-21(17-28)10-6-13-26(23)16-20-8-4-3-5-9-20/h3-5,8-9,19,21-23H,6-7,10-18H2,1-2H3/t21-,22-,23-/m0/s1. The lowest BCUT2D eigenvalue weighted by atomic mass is 9.83. The average molecular weight is 412 g/mol. The van der Waals surface area contributed by atoms with Gasteiger partial charge in [0.2, 0.25) is 11.8 Å². The van der Waals surface area contributed by atoms with E-state index in [2.05, 4.69) is 40.1 Å². The van der Waals surface area contributed by atoms with Gasteiger partial charge in [-0.3, -0.25) is 14.5 Å². The predicted molar refractivity (Wildman–Crippen MR) is 119 cm³/mol. The summed E-state index contributed by atoms with van der Waals surface area (Å²) in [5, 5.41) is 0. The topological polar surface area (TPSA) is 43.9 Å². The first-order valence-corrected chi connectivity index (χ1v) is 11.9. The third-order valence-corrected chi connectivity index (χ3v) is 7.30. The van der Waals surface area contributed by atoms with Gasteiger partial charge in [0.25, 0.3) is 0 Å². The molecule has 1 aromatic rings.